The molecule has 2 aliphatic heterocycles. The molecule has 1 amide bonds. The smallest absolute Gasteiger partial charge is 0.410 e. The first-order valence-electron chi connectivity index (χ1n) is 9.22. The lowest BCUT2D eigenvalue weighted by Crippen LogP contribution is -2.58. The minimum absolute atomic E-state index is 0.143. The van der Waals surface area contributed by atoms with Gasteiger partial charge in [-0.05, 0) is 44.9 Å². The van der Waals surface area contributed by atoms with Crippen molar-refractivity contribution in [2.75, 3.05) is 31.9 Å². The second kappa shape index (κ2) is 7.69. The van der Waals surface area contributed by atoms with Gasteiger partial charge < -0.3 is 9.64 Å². The number of fused-ring (bicyclic) bond motifs is 1. The van der Waals surface area contributed by atoms with Crippen LogP contribution < -0.4 is 0 Å². The minimum atomic E-state index is -0.487. The van der Waals surface area contributed by atoms with Crippen molar-refractivity contribution in [2.45, 2.75) is 44.6 Å². The van der Waals surface area contributed by atoms with Crippen LogP contribution in [0.4, 0.5) is 9.18 Å². The molecule has 1 aromatic carbocycles. The maximum atomic E-state index is 13.8. The Balaban J connectivity index is 1.67. The summed E-state index contributed by atoms with van der Waals surface area (Å²) in [4.78, 5) is 16.5. The molecule has 146 valence electrons. The predicted molar refractivity (Wildman–Crippen MR) is 104 cm³/mol. The zero-order chi connectivity index (χ0) is 19.8. The number of halogens is 1. The van der Waals surface area contributed by atoms with Crippen LogP contribution in [0.3, 0.4) is 0 Å². The van der Waals surface area contributed by atoms with Gasteiger partial charge in [0.25, 0.3) is 0 Å². The van der Waals surface area contributed by atoms with Crippen LogP contribution in [0, 0.1) is 24.1 Å². The summed E-state index contributed by atoms with van der Waals surface area (Å²) >= 11 is 1.82. The Bertz CT molecular complexity index is 772. The Hall–Kier alpha value is -1.78. The monoisotopic (exact) mass is 391 g/mol. The zero-order valence-electron chi connectivity index (χ0n) is 16.3. The van der Waals surface area contributed by atoms with Gasteiger partial charge in [0.05, 0.1) is 5.56 Å². The summed E-state index contributed by atoms with van der Waals surface area (Å²) in [7, 11) is 0. The molecule has 0 spiro atoms. The molecule has 0 saturated carbocycles. The van der Waals surface area contributed by atoms with Crippen LogP contribution in [0.5, 0.6) is 0 Å². The third kappa shape index (κ3) is 4.39. The van der Waals surface area contributed by atoms with Crippen molar-refractivity contribution in [2.24, 2.45) is 0 Å². The molecule has 2 heterocycles. The molecule has 27 heavy (non-hydrogen) atoms. The fraction of sp³-hybridized carbons (Fsp3) is 0.600. The normalized spacial score (nSPS) is 23.5. The highest BCUT2D eigenvalue weighted by atomic mass is 32.2. The fourth-order valence-electron chi connectivity index (χ4n) is 3.65. The van der Waals surface area contributed by atoms with Crippen LogP contribution in [0.15, 0.2) is 12.1 Å². The van der Waals surface area contributed by atoms with Crippen LogP contribution in [0.2, 0.25) is 0 Å². The quantitative estimate of drug-likeness (QED) is 0.730. The van der Waals surface area contributed by atoms with E-state index in [9.17, 15) is 14.4 Å². The summed E-state index contributed by atoms with van der Waals surface area (Å²) in [6.45, 7) is 10.4. The van der Waals surface area contributed by atoms with Gasteiger partial charge in [-0.1, -0.05) is 6.07 Å². The second-order valence-corrected chi connectivity index (χ2v) is 9.38. The largest absolute Gasteiger partial charge is 0.444 e. The third-order valence-electron chi connectivity index (χ3n) is 5.06. The first-order valence-corrected chi connectivity index (χ1v) is 10.3. The minimum Gasteiger partial charge on any atom is -0.444 e. The van der Waals surface area contributed by atoms with Gasteiger partial charge >= 0.3 is 6.09 Å². The maximum absolute atomic E-state index is 13.8. The third-order valence-corrected chi connectivity index (χ3v) is 6.44. The van der Waals surface area contributed by atoms with Gasteiger partial charge in [-0.25, -0.2) is 9.18 Å². The summed E-state index contributed by atoms with van der Waals surface area (Å²) in [6.07, 6.45) is -0.248. The number of hydrogen-bond acceptors (Lipinski definition) is 5. The molecule has 2 aliphatic rings. The lowest BCUT2D eigenvalue weighted by molar-refractivity contribution is 0.00557. The van der Waals surface area contributed by atoms with E-state index in [1.165, 1.54) is 6.07 Å². The molecule has 0 radical (unpaired) electrons. The van der Waals surface area contributed by atoms with Gasteiger partial charge in [0.2, 0.25) is 0 Å². The van der Waals surface area contributed by atoms with E-state index >= 15 is 0 Å². The highest BCUT2D eigenvalue weighted by molar-refractivity contribution is 7.99. The number of hydrogen-bond donors (Lipinski definition) is 0. The second-order valence-electron chi connectivity index (χ2n) is 8.15. The van der Waals surface area contributed by atoms with E-state index in [4.69, 9.17) is 4.74 Å². The SMILES string of the molecule is Cc1c([C@H]2CN3CCN(C(=O)OC(C)(C)C)C[C@H]3CS2)ccc(F)c1C#N. The van der Waals surface area contributed by atoms with Crippen molar-refractivity contribution in [1.29, 1.82) is 5.26 Å². The predicted octanol–water partition coefficient (Wildman–Crippen LogP) is 3.72. The molecule has 1 aromatic rings. The van der Waals surface area contributed by atoms with Crippen LogP contribution in [0.25, 0.3) is 0 Å². The number of ether oxygens (including phenoxy) is 1. The van der Waals surface area contributed by atoms with E-state index in [1.807, 2.05) is 45.5 Å². The van der Waals surface area contributed by atoms with Gasteiger partial charge in [0.1, 0.15) is 17.5 Å². The van der Waals surface area contributed by atoms with Crippen molar-refractivity contribution in [1.82, 2.24) is 9.80 Å². The average Bonchev–Trinajstić information content (AvgIpc) is 2.60. The van der Waals surface area contributed by atoms with E-state index in [1.54, 1.807) is 11.0 Å². The Kier molecular flexibility index (Phi) is 5.68. The number of benzene rings is 1. The van der Waals surface area contributed by atoms with Crippen LogP contribution in [-0.2, 0) is 4.74 Å². The van der Waals surface area contributed by atoms with Gasteiger partial charge in [-0.15, -0.1) is 0 Å². The van der Waals surface area contributed by atoms with Gasteiger partial charge in [0, 0.05) is 43.2 Å². The molecule has 0 aromatic heterocycles. The Morgan fingerprint density at radius 1 is 1.33 bits per heavy atom. The summed E-state index contributed by atoms with van der Waals surface area (Å²) in [5.74, 6) is 0.436. The number of carbonyl (C=O) groups is 1. The molecule has 2 atom stereocenters. The molecule has 3 rings (SSSR count). The first-order chi connectivity index (χ1) is 12.7. The maximum Gasteiger partial charge on any atom is 0.410 e. The lowest BCUT2D eigenvalue weighted by Gasteiger charge is -2.46. The number of carbonyl (C=O) groups excluding carboxylic acids is 1. The molecule has 5 nitrogen and oxygen atoms in total. The van der Waals surface area contributed by atoms with Crippen molar-refractivity contribution < 1.29 is 13.9 Å². The van der Waals surface area contributed by atoms with Gasteiger partial charge in [-0.2, -0.15) is 17.0 Å². The highest BCUT2D eigenvalue weighted by Gasteiger charge is 2.37. The first kappa shape index (κ1) is 20.0. The van der Waals surface area contributed by atoms with Crippen molar-refractivity contribution >= 4 is 17.9 Å². The molecule has 0 aliphatic carbocycles. The zero-order valence-corrected chi connectivity index (χ0v) is 17.1. The average molecular weight is 392 g/mol. The van der Waals surface area contributed by atoms with E-state index in [2.05, 4.69) is 4.90 Å². The van der Waals surface area contributed by atoms with Crippen molar-refractivity contribution in [3.8, 4) is 6.07 Å². The Morgan fingerprint density at radius 3 is 2.74 bits per heavy atom. The molecule has 0 bridgehead atoms. The molecule has 2 saturated heterocycles. The van der Waals surface area contributed by atoms with E-state index in [0.29, 0.717) is 19.1 Å². The standard InChI is InChI=1S/C20H26FN3O2S/c1-13-15(5-6-17(21)16(13)9-22)18-11-23-7-8-24(10-14(23)12-27-18)19(25)26-20(2,3)4/h5-6,14,18H,7-8,10-12H2,1-4H3/t14-,18+/m0/s1. The number of nitrogens with zero attached hydrogens (tertiary/aromatic N) is 3. The number of thioether (sulfide) groups is 1. The topological polar surface area (TPSA) is 56.6 Å². The van der Waals surface area contributed by atoms with E-state index in [0.717, 1.165) is 30.0 Å². The number of piperazine rings is 1. The van der Waals surface area contributed by atoms with Crippen LogP contribution in [0.1, 0.15) is 42.7 Å². The molecule has 0 unspecified atom stereocenters. The number of amides is 1. The molecular formula is C20H26FN3O2S. The van der Waals surface area contributed by atoms with Crippen LogP contribution in [-0.4, -0.2) is 59.5 Å². The Labute approximate surface area is 164 Å². The molecule has 7 heteroatoms. The Morgan fingerprint density at radius 2 is 2.07 bits per heavy atom. The van der Waals surface area contributed by atoms with Crippen molar-refractivity contribution in [3.05, 3.63) is 34.6 Å². The summed E-state index contributed by atoms with van der Waals surface area (Å²) in [5.41, 5.74) is 1.43. The summed E-state index contributed by atoms with van der Waals surface area (Å²) in [5, 5.41) is 9.42. The van der Waals surface area contributed by atoms with E-state index in [-0.39, 0.29) is 16.9 Å². The van der Waals surface area contributed by atoms with Crippen LogP contribution >= 0.6 is 11.8 Å². The van der Waals surface area contributed by atoms with Gasteiger partial charge in [0.15, 0.2) is 0 Å². The fourth-order valence-corrected chi connectivity index (χ4v) is 5.15. The van der Waals surface area contributed by atoms with Gasteiger partial charge in [-0.3, -0.25) is 4.90 Å². The van der Waals surface area contributed by atoms with Crippen molar-refractivity contribution in [3.63, 3.8) is 0 Å². The highest BCUT2D eigenvalue weighted by Crippen LogP contribution is 2.39. The summed E-state index contributed by atoms with van der Waals surface area (Å²) < 4.78 is 19.3. The number of nitriles is 1. The summed E-state index contributed by atoms with van der Waals surface area (Å²) in [6, 6.07) is 5.48. The lowest BCUT2D eigenvalue weighted by atomic mass is 9.99. The molecule has 2 fully saturated rings. The molecule has 0 N–H and O–H groups in total. The molecular weight excluding hydrogens is 365 g/mol. The van der Waals surface area contributed by atoms with E-state index < -0.39 is 11.4 Å². The number of rotatable bonds is 1.